The summed E-state index contributed by atoms with van der Waals surface area (Å²) in [5, 5.41) is 13.0. The van der Waals surface area contributed by atoms with Crippen LogP contribution < -0.4 is 15.6 Å². The number of hydrogen-bond donors (Lipinski definition) is 2. The van der Waals surface area contributed by atoms with Crippen LogP contribution in [0.5, 0.6) is 0 Å². The summed E-state index contributed by atoms with van der Waals surface area (Å²) in [6.45, 7) is 5.20. The summed E-state index contributed by atoms with van der Waals surface area (Å²) in [5.74, 6) is -1.08. The number of pyridine rings is 2. The van der Waals surface area contributed by atoms with Gasteiger partial charge in [-0.2, -0.15) is 0 Å². The Bertz CT molecular complexity index is 954. The Morgan fingerprint density at radius 3 is 2.81 bits per heavy atom. The predicted octanol–water partition coefficient (Wildman–Crippen LogP) is 2.00. The summed E-state index contributed by atoms with van der Waals surface area (Å²) in [6, 6.07) is 2.29. The summed E-state index contributed by atoms with van der Waals surface area (Å²) in [6.07, 6.45) is 2.61. The standard InChI is InChI=1S/C19H23FN4O3/c1-2-21-9-11-5-6-23(10-11)18-14(20)7-13-16(25)8-15(19(26)27)24(12-3-4-12)17(13)22-18/h7-8,11-12,21H,2-6,9-10H2,1H3,(H,26,27). The molecule has 4 rings (SSSR count). The normalized spacial score (nSPS) is 19.8. The fourth-order valence-electron chi connectivity index (χ4n) is 3.85. The van der Waals surface area contributed by atoms with Crippen molar-refractivity contribution in [3.8, 4) is 0 Å². The van der Waals surface area contributed by atoms with Crippen LogP contribution in [0.2, 0.25) is 0 Å². The van der Waals surface area contributed by atoms with Crippen molar-refractivity contribution in [2.24, 2.45) is 5.92 Å². The molecule has 3 heterocycles. The van der Waals surface area contributed by atoms with Crippen LogP contribution in [0.25, 0.3) is 11.0 Å². The van der Waals surface area contributed by atoms with Gasteiger partial charge in [-0.15, -0.1) is 0 Å². The second-order valence-electron chi connectivity index (χ2n) is 7.37. The van der Waals surface area contributed by atoms with E-state index in [4.69, 9.17) is 0 Å². The molecule has 1 aliphatic carbocycles. The molecule has 2 fully saturated rings. The smallest absolute Gasteiger partial charge is 0.352 e. The van der Waals surface area contributed by atoms with Crippen LogP contribution in [0.3, 0.4) is 0 Å². The van der Waals surface area contributed by atoms with Gasteiger partial charge in [0.05, 0.1) is 5.39 Å². The van der Waals surface area contributed by atoms with Crippen molar-refractivity contribution >= 4 is 22.8 Å². The van der Waals surface area contributed by atoms with Crippen molar-refractivity contribution in [3.63, 3.8) is 0 Å². The average molecular weight is 374 g/mol. The monoisotopic (exact) mass is 374 g/mol. The van der Waals surface area contributed by atoms with Gasteiger partial charge in [0.15, 0.2) is 17.1 Å². The lowest BCUT2D eigenvalue weighted by molar-refractivity contribution is 0.0684. The SMILES string of the molecule is CCNCC1CCN(c2nc3c(cc2F)c(=O)cc(C(=O)O)n3C2CC2)C1. The molecule has 1 saturated heterocycles. The molecule has 144 valence electrons. The van der Waals surface area contributed by atoms with E-state index >= 15 is 0 Å². The minimum atomic E-state index is -1.17. The van der Waals surface area contributed by atoms with Crippen LogP contribution in [0.1, 0.15) is 42.7 Å². The number of nitrogens with zero attached hydrogens (tertiary/aromatic N) is 3. The van der Waals surface area contributed by atoms with Crippen LogP contribution in [0.4, 0.5) is 10.2 Å². The number of anilines is 1. The number of aromatic carboxylic acids is 1. The third-order valence-corrected chi connectivity index (χ3v) is 5.36. The molecule has 27 heavy (non-hydrogen) atoms. The number of hydrogen-bond acceptors (Lipinski definition) is 5. The number of aromatic nitrogens is 2. The van der Waals surface area contributed by atoms with Crippen molar-refractivity contribution in [2.45, 2.75) is 32.2 Å². The molecule has 0 spiro atoms. The highest BCUT2D eigenvalue weighted by Crippen LogP contribution is 2.38. The number of carboxylic acids is 1. The molecule has 1 saturated carbocycles. The van der Waals surface area contributed by atoms with Gasteiger partial charge >= 0.3 is 5.97 Å². The molecule has 1 aliphatic heterocycles. The predicted molar refractivity (Wildman–Crippen MR) is 100 cm³/mol. The van der Waals surface area contributed by atoms with E-state index < -0.39 is 17.2 Å². The van der Waals surface area contributed by atoms with Crippen molar-refractivity contribution < 1.29 is 14.3 Å². The Morgan fingerprint density at radius 2 is 2.15 bits per heavy atom. The molecule has 0 amide bonds. The molecular weight excluding hydrogens is 351 g/mol. The number of carbonyl (C=O) groups is 1. The zero-order valence-electron chi connectivity index (χ0n) is 15.2. The highest BCUT2D eigenvalue weighted by Gasteiger charge is 2.31. The summed E-state index contributed by atoms with van der Waals surface area (Å²) in [5.41, 5.74) is -0.316. The van der Waals surface area contributed by atoms with Gasteiger partial charge in [0.2, 0.25) is 0 Å². The summed E-state index contributed by atoms with van der Waals surface area (Å²) in [4.78, 5) is 30.3. The van der Waals surface area contributed by atoms with E-state index in [2.05, 4.69) is 17.2 Å². The molecule has 0 aromatic carbocycles. The molecule has 0 bridgehead atoms. The second-order valence-corrected chi connectivity index (χ2v) is 7.37. The molecule has 7 nitrogen and oxygen atoms in total. The lowest BCUT2D eigenvalue weighted by Gasteiger charge is -2.20. The first-order valence-electron chi connectivity index (χ1n) is 9.44. The molecule has 0 radical (unpaired) electrons. The Balaban J connectivity index is 1.79. The van der Waals surface area contributed by atoms with Crippen LogP contribution in [0.15, 0.2) is 16.9 Å². The summed E-state index contributed by atoms with van der Waals surface area (Å²) in [7, 11) is 0. The molecule has 1 atom stereocenters. The van der Waals surface area contributed by atoms with Gasteiger partial charge in [-0.3, -0.25) is 4.79 Å². The van der Waals surface area contributed by atoms with Gasteiger partial charge in [0.1, 0.15) is 11.3 Å². The van der Waals surface area contributed by atoms with Gasteiger partial charge in [0.25, 0.3) is 0 Å². The summed E-state index contributed by atoms with van der Waals surface area (Å²) < 4.78 is 16.3. The minimum absolute atomic E-state index is 0.00471. The highest BCUT2D eigenvalue weighted by atomic mass is 19.1. The first kappa shape index (κ1) is 17.9. The lowest BCUT2D eigenvalue weighted by atomic mass is 10.1. The minimum Gasteiger partial charge on any atom is -0.477 e. The van der Waals surface area contributed by atoms with E-state index in [1.54, 1.807) is 4.57 Å². The lowest BCUT2D eigenvalue weighted by Crippen LogP contribution is -2.27. The molecule has 1 unspecified atom stereocenters. The van der Waals surface area contributed by atoms with Gasteiger partial charge in [-0.25, -0.2) is 14.2 Å². The number of carboxylic acid groups (broad SMARTS) is 1. The molecule has 2 aromatic heterocycles. The fourth-order valence-corrected chi connectivity index (χ4v) is 3.85. The van der Waals surface area contributed by atoms with Crippen LogP contribution in [-0.4, -0.2) is 46.8 Å². The topological polar surface area (TPSA) is 87.5 Å². The van der Waals surface area contributed by atoms with Crippen LogP contribution in [-0.2, 0) is 0 Å². The molecule has 2 aliphatic rings. The second kappa shape index (κ2) is 6.92. The first-order chi connectivity index (χ1) is 13.0. The first-order valence-corrected chi connectivity index (χ1v) is 9.44. The van der Waals surface area contributed by atoms with Gasteiger partial charge in [0, 0.05) is 25.2 Å². The maximum Gasteiger partial charge on any atom is 0.352 e. The van der Waals surface area contributed by atoms with Crippen LogP contribution >= 0.6 is 0 Å². The third-order valence-electron chi connectivity index (χ3n) is 5.36. The summed E-state index contributed by atoms with van der Waals surface area (Å²) >= 11 is 0. The van der Waals surface area contributed by atoms with Gasteiger partial charge < -0.3 is 19.9 Å². The van der Waals surface area contributed by atoms with Gasteiger partial charge in [-0.1, -0.05) is 6.92 Å². The highest BCUT2D eigenvalue weighted by molar-refractivity contribution is 5.90. The van der Waals surface area contributed by atoms with Crippen molar-refractivity contribution in [2.75, 3.05) is 31.1 Å². The fraction of sp³-hybridized carbons (Fsp3) is 0.526. The quantitative estimate of drug-likeness (QED) is 0.804. The Labute approximate surface area is 155 Å². The van der Waals surface area contributed by atoms with E-state index in [0.717, 1.165) is 38.4 Å². The van der Waals surface area contributed by atoms with Crippen molar-refractivity contribution in [3.05, 3.63) is 33.9 Å². The van der Waals surface area contributed by atoms with E-state index in [9.17, 15) is 19.1 Å². The van der Waals surface area contributed by atoms with E-state index in [-0.39, 0.29) is 28.6 Å². The van der Waals surface area contributed by atoms with E-state index in [1.807, 2.05) is 4.90 Å². The number of nitrogens with one attached hydrogen (secondary N) is 1. The molecule has 8 heteroatoms. The number of fused-ring (bicyclic) bond motifs is 1. The zero-order chi connectivity index (χ0) is 19.1. The largest absolute Gasteiger partial charge is 0.477 e. The number of rotatable bonds is 6. The maximum absolute atomic E-state index is 14.8. The van der Waals surface area contributed by atoms with Crippen LogP contribution in [0, 0.1) is 11.7 Å². The third kappa shape index (κ3) is 3.29. The van der Waals surface area contributed by atoms with E-state index in [0.29, 0.717) is 19.0 Å². The molecular formula is C19H23FN4O3. The van der Waals surface area contributed by atoms with Gasteiger partial charge in [-0.05, 0) is 44.3 Å². The van der Waals surface area contributed by atoms with Crippen molar-refractivity contribution in [1.82, 2.24) is 14.9 Å². The maximum atomic E-state index is 14.8. The Kier molecular flexibility index (Phi) is 4.59. The number of halogens is 1. The average Bonchev–Trinajstić information content (AvgIpc) is 3.37. The molecule has 2 aromatic rings. The zero-order valence-corrected chi connectivity index (χ0v) is 15.2. The Morgan fingerprint density at radius 1 is 1.37 bits per heavy atom. The Hall–Kier alpha value is -2.48. The molecule has 2 N–H and O–H groups in total. The van der Waals surface area contributed by atoms with E-state index in [1.165, 1.54) is 6.07 Å². The van der Waals surface area contributed by atoms with Crippen molar-refractivity contribution in [1.29, 1.82) is 0 Å².